The summed E-state index contributed by atoms with van der Waals surface area (Å²) in [5.41, 5.74) is 7.81. The van der Waals surface area contributed by atoms with Crippen molar-refractivity contribution in [3.05, 3.63) is 58.6 Å². The Morgan fingerprint density at radius 2 is 1.95 bits per heavy atom. The first-order chi connectivity index (χ1) is 10.1. The van der Waals surface area contributed by atoms with Gasteiger partial charge in [0.15, 0.2) is 0 Å². The molecule has 0 aromatic heterocycles. The second-order valence-corrected chi connectivity index (χ2v) is 5.25. The maximum absolute atomic E-state index is 11.9. The molecule has 21 heavy (non-hydrogen) atoms. The first-order valence-corrected chi connectivity index (χ1v) is 7.06. The average Bonchev–Trinajstić information content (AvgIpc) is 2.47. The fraction of sp³-hybridized carbons (Fsp3) is 0.0625. The third kappa shape index (κ3) is 4.36. The van der Waals surface area contributed by atoms with E-state index in [9.17, 15) is 4.79 Å². The van der Waals surface area contributed by atoms with E-state index < -0.39 is 0 Å². The molecule has 4 nitrogen and oxygen atoms in total. The SMILES string of the molecule is COc1ccc(Br)cc1NC(=O)/C=C/c1ccc(N)cc1. The van der Waals surface area contributed by atoms with Gasteiger partial charge in [-0.3, -0.25) is 4.79 Å². The topological polar surface area (TPSA) is 64.3 Å². The average molecular weight is 347 g/mol. The molecule has 0 aliphatic carbocycles. The Labute approximate surface area is 131 Å². The zero-order valence-corrected chi connectivity index (χ0v) is 13.1. The van der Waals surface area contributed by atoms with Gasteiger partial charge in [0.25, 0.3) is 0 Å². The fourth-order valence-electron chi connectivity index (χ4n) is 1.73. The summed E-state index contributed by atoms with van der Waals surface area (Å²) in [6.07, 6.45) is 3.19. The summed E-state index contributed by atoms with van der Waals surface area (Å²) in [7, 11) is 1.56. The highest BCUT2D eigenvalue weighted by molar-refractivity contribution is 9.10. The highest BCUT2D eigenvalue weighted by atomic mass is 79.9. The van der Waals surface area contributed by atoms with Gasteiger partial charge in [-0.05, 0) is 42.0 Å². The van der Waals surface area contributed by atoms with Crippen LogP contribution in [0.15, 0.2) is 53.0 Å². The number of carbonyl (C=O) groups excluding carboxylic acids is 1. The van der Waals surface area contributed by atoms with E-state index in [1.54, 1.807) is 37.5 Å². The summed E-state index contributed by atoms with van der Waals surface area (Å²) in [5.74, 6) is 0.371. The second-order valence-electron chi connectivity index (χ2n) is 4.33. The van der Waals surface area contributed by atoms with Gasteiger partial charge in [0.2, 0.25) is 5.91 Å². The largest absolute Gasteiger partial charge is 0.495 e. The number of anilines is 2. The lowest BCUT2D eigenvalue weighted by Gasteiger charge is -2.09. The molecule has 2 aromatic carbocycles. The normalized spacial score (nSPS) is 10.6. The zero-order valence-electron chi connectivity index (χ0n) is 11.5. The number of nitrogens with two attached hydrogens (primary N) is 1. The van der Waals surface area contributed by atoms with Crippen molar-refractivity contribution in [3.8, 4) is 5.75 Å². The Morgan fingerprint density at radius 3 is 2.62 bits per heavy atom. The second kappa shape index (κ2) is 6.95. The third-order valence-electron chi connectivity index (χ3n) is 2.78. The zero-order chi connectivity index (χ0) is 15.2. The molecule has 0 heterocycles. The van der Waals surface area contributed by atoms with E-state index in [2.05, 4.69) is 21.2 Å². The van der Waals surface area contributed by atoms with Crippen molar-refractivity contribution in [1.82, 2.24) is 0 Å². The predicted molar refractivity (Wildman–Crippen MR) is 89.2 cm³/mol. The highest BCUT2D eigenvalue weighted by Crippen LogP contribution is 2.27. The number of nitrogens with one attached hydrogen (secondary N) is 1. The molecule has 0 spiro atoms. The lowest BCUT2D eigenvalue weighted by molar-refractivity contribution is -0.111. The number of amides is 1. The van der Waals surface area contributed by atoms with Crippen LogP contribution in [0, 0.1) is 0 Å². The summed E-state index contributed by atoms with van der Waals surface area (Å²) in [4.78, 5) is 11.9. The van der Waals surface area contributed by atoms with Crippen molar-refractivity contribution in [2.75, 3.05) is 18.2 Å². The van der Waals surface area contributed by atoms with Crippen LogP contribution < -0.4 is 15.8 Å². The molecule has 0 saturated heterocycles. The standard InChI is InChI=1S/C16H15BrN2O2/c1-21-15-8-5-12(17)10-14(15)19-16(20)9-4-11-2-6-13(18)7-3-11/h2-10H,18H2,1H3,(H,19,20)/b9-4+. The van der Waals surface area contributed by atoms with Crippen molar-refractivity contribution < 1.29 is 9.53 Å². The van der Waals surface area contributed by atoms with Crippen molar-refractivity contribution in [2.24, 2.45) is 0 Å². The van der Waals surface area contributed by atoms with Gasteiger partial charge in [0, 0.05) is 16.2 Å². The van der Waals surface area contributed by atoms with E-state index >= 15 is 0 Å². The number of benzene rings is 2. The van der Waals surface area contributed by atoms with E-state index in [4.69, 9.17) is 10.5 Å². The number of nitrogen functional groups attached to an aromatic ring is 1. The van der Waals surface area contributed by atoms with E-state index in [1.165, 1.54) is 6.08 Å². The Balaban J connectivity index is 2.08. The Morgan fingerprint density at radius 1 is 1.24 bits per heavy atom. The lowest BCUT2D eigenvalue weighted by Crippen LogP contribution is -2.08. The van der Waals surface area contributed by atoms with Gasteiger partial charge >= 0.3 is 0 Å². The number of carbonyl (C=O) groups is 1. The number of hydrogen-bond acceptors (Lipinski definition) is 3. The van der Waals surface area contributed by atoms with E-state index in [1.807, 2.05) is 18.2 Å². The number of hydrogen-bond donors (Lipinski definition) is 2. The van der Waals surface area contributed by atoms with Crippen LogP contribution >= 0.6 is 15.9 Å². The molecule has 0 saturated carbocycles. The minimum Gasteiger partial charge on any atom is -0.495 e. The van der Waals surface area contributed by atoms with Gasteiger partial charge < -0.3 is 15.8 Å². The molecule has 5 heteroatoms. The summed E-state index contributed by atoms with van der Waals surface area (Å²) in [6.45, 7) is 0. The Kier molecular flexibility index (Phi) is 5.00. The van der Waals surface area contributed by atoms with Crippen molar-refractivity contribution in [2.45, 2.75) is 0 Å². The van der Waals surface area contributed by atoms with Gasteiger partial charge in [-0.2, -0.15) is 0 Å². The minimum atomic E-state index is -0.233. The van der Waals surface area contributed by atoms with Gasteiger partial charge in [-0.1, -0.05) is 28.1 Å². The molecule has 3 N–H and O–H groups in total. The summed E-state index contributed by atoms with van der Waals surface area (Å²) in [5, 5.41) is 2.78. The molecular weight excluding hydrogens is 332 g/mol. The quantitative estimate of drug-likeness (QED) is 0.655. The van der Waals surface area contributed by atoms with Crippen LogP contribution in [0.1, 0.15) is 5.56 Å². The molecule has 0 radical (unpaired) electrons. The van der Waals surface area contributed by atoms with Gasteiger partial charge in [-0.25, -0.2) is 0 Å². The van der Waals surface area contributed by atoms with Gasteiger partial charge in [0.1, 0.15) is 5.75 Å². The maximum atomic E-state index is 11.9. The minimum absolute atomic E-state index is 0.233. The van der Waals surface area contributed by atoms with Crippen LogP contribution in [0.5, 0.6) is 5.75 Å². The highest BCUT2D eigenvalue weighted by Gasteiger charge is 2.05. The Bertz CT molecular complexity index is 666. The fourth-order valence-corrected chi connectivity index (χ4v) is 2.09. The monoisotopic (exact) mass is 346 g/mol. The number of methoxy groups -OCH3 is 1. The van der Waals surface area contributed by atoms with Crippen LogP contribution in [0.3, 0.4) is 0 Å². The molecule has 108 valence electrons. The molecule has 2 aromatic rings. The predicted octanol–water partition coefficient (Wildman–Crippen LogP) is 3.69. The molecule has 1 amide bonds. The first-order valence-electron chi connectivity index (χ1n) is 6.26. The molecule has 2 rings (SSSR count). The molecule has 0 aliphatic rings. The first kappa shape index (κ1) is 15.1. The molecule has 0 atom stereocenters. The van der Waals surface area contributed by atoms with E-state index in [0.717, 1.165) is 10.0 Å². The number of rotatable bonds is 4. The van der Waals surface area contributed by atoms with Gasteiger partial charge in [0.05, 0.1) is 12.8 Å². The van der Waals surface area contributed by atoms with Crippen LogP contribution in [-0.2, 0) is 4.79 Å². The van der Waals surface area contributed by atoms with E-state index in [0.29, 0.717) is 17.1 Å². The Hall–Kier alpha value is -2.27. The van der Waals surface area contributed by atoms with Crippen LogP contribution in [0.25, 0.3) is 6.08 Å². The smallest absolute Gasteiger partial charge is 0.248 e. The number of ether oxygens (including phenoxy) is 1. The summed E-state index contributed by atoms with van der Waals surface area (Å²) >= 11 is 3.36. The molecule has 0 aliphatic heterocycles. The van der Waals surface area contributed by atoms with E-state index in [-0.39, 0.29) is 5.91 Å². The van der Waals surface area contributed by atoms with Crippen LogP contribution in [0.2, 0.25) is 0 Å². The molecule has 0 bridgehead atoms. The maximum Gasteiger partial charge on any atom is 0.248 e. The number of halogens is 1. The van der Waals surface area contributed by atoms with Crippen LogP contribution in [0.4, 0.5) is 11.4 Å². The van der Waals surface area contributed by atoms with Gasteiger partial charge in [-0.15, -0.1) is 0 Å². The summed E-state index contributed by atoms with van der Waals surface area (Å²) in [6, 6.07) is 12.7. The van der Waals surface area contributed by atoms with Crippen LogP contribution in [-0.4, -0.2) is 13.0 Å². The van der Waals surface area contributed by atoms with Crippen molar-refractivity contribution in [1.29, 1.82) is 0 Å². The third-order valence-corrected chi connectivity index (χ3v) is 3.28. The molecule has 0 unspecified atom stereocenters. The van der Waals surface area contributed by atoms with Crippen molar-refractivity contribution in [3.63, 3.8) is 0 Å². The van der Waals surface area contributed by atoms with Crippen molar-refractivity contribution >= 4 is 39.3 Å². The molecule has 0 fully saturated rings. The molecular formula is C16H15BrN2O2. The lowest BCUT2D eigenvalue weighted by atomic mass is 10.2. The summed E-state index contributed by atoms with van der Waals surface area (Å²) < 4.78 is 6.07.